The van der Waals surface area contributed by atoms with Crippen molar-refractivity contribution in [3.63, 3.8) is 0 Å². The van der Waals surface area contributed by atoms with E-state index in [4.69, 9.17) is 5.26 Å². The summed E-state index contributed by atoms with van der Waals surface area (Å²) in [6, 6.07) is 7.03. The van der Waals surface area contributed by atoms with E-state index in [9.17, 15) is 8.78 Å². The number of halogens is 2. The van der Waals surface area contributed by atoms with Crippen LogP contribution in [-0.2, 0) is 0 Å². The molecule has 4 heterocycles. The van der Waals surface area contributed by atoms with Crippen molar-refractivity contribution in [2.75, 3.05) is 18.0 Å². The topological polar surface area (TPSA) is 83.0 Å². The van der Waals surface area contributed by atoms with Crippen molar-refractivity contribution in [1.82, 2.24) is 24.6 Å². The van der Waals surface area contributed by atoms with Crippen LogP contribution in [0.25, 0.3) is 5.78 Å². The molecule has 0 amide bonds. The molecule has 138 valence electrons. The van der Waals surface area contributed by atoms with Gasteiger partial charge in [-0.15, -0.1) is 0 Å². The van der Waals surface area contributed by atoms with Crippen LogP contribution in [0.3, 0.4) is 0 Å². The lowest BCUT2D eigenvalue weighted by atomic mass is 9.84. The molecular formula is C18H17F2N7. The summed E-state index contributed by atoms with van der Waals surface area (Å²) in [5.74, 6) is 1.20. The predicted octanol–water partition coefficient (Wildman–Crippen LogP) is 2.96. The average Bonchev–Trinajstić information content (AvgIpc) is 3.16. The first kappa shape index (κ1) is 17.3. The van der Waals surface area contributed by atoms with E-state index in [1.54, 1.807) is 16.8 Å². The molecule has 27 heavy (non-hydrogen) atoms. The highest BCUT2D eigenvalue weighted by Crippen LogP contribution is 2.34. The maximum Gasteiger partial charge on any atom is 0.280 e. The number of piperidine rings is 1. The van der Waals surface area contributed by atoms with Crippen LogP contribution in [0.2, 0.25) is 0 Å². The van der Waals surface area contributed by atoms with Gasteiger partial charge in [0.15, 0.2) is 0 Å². The molecule has 0 N–H and O–H groups in total. The summed E-state index contributed by atoms with van der Waals surface area (Å²) in [7, 11) is 0. The minimum atomic E-state index is -2.67. The Labute approximate surface area is 154 Å². The molecule has 3 aromatic heterocycles. The van der Waals surface area contributed by atoms with Crippen molar-refractivity contribution in [1.29, 1.82) is 5.26 Å². The van der Waals surface area contributed by atoms with E-state index in [0.717, 1.165) is 18.8 Å². The van der Waals surface area contributed by atoms with Crippen LogP contribution in [0.15, 0.2) is 30.7 Å². The fourth-order valence-corrected chi connectivity index (χ4v) is 3.53. The molecule has 9 heteroatoms. The molecule has 0 aromatic carbocycles. The maximum absolute atomic E-state index is 13.3. The van der Waals surface area contributed by atoms with Gasteiger partial charge in [-0.05, 0) is 30.5 Å². The molecule has 1 fully saturated rings. The van der Waals surface area contributed by atoms with Crippen LogP contribution in [0.4, 0.5) is 14.6 Å². The Morgan fingerprint density at radius 2 is 2.15 bits per heavy atom. The number of pyridine rings is 1. The van der Waals surface area contributed by atoms with Gasteiger partial charge in [0.25, 0.3) is 12.2 Å². The Hall–Kier alpha value is -3.15. The highest BCUT2D eigenvalue weighted by atomic mass is 19.3. The molecule has 0 radical (unpaired) electrons. The van der Waals surface area contributed by atoms with Crippen LogP contribution in [-0.4, -0.2) is 37.7 Å². The number of nitriles is 1. The van der Waals surface area contributed by atoms with Crippen molar-refractivity contribution >= 4 is 11.6 Å². The third-order valence-corrected chi connectivity index (χ3v) is 5.06. The molecule has 0 aliphatic carbocycles. The molecule has 1 aliphatic rings. The SMILES string of the molecule is C[C@@H]1CCN(c2ccc(C#N)cn2)C[C@H]1c1cc(C(F)F)nc2ncnn12. The molecule has 0 bridgehead atoms. The van der Waals surface area contributed by atoms with Gasteiger partial charge in [-0.25, -0.2) is 23.3 Å². The van der Waals surface area contributed by atoms with Crippen LogP contribution in [0.5, 0.6) is 0 Å². The fourth-order valence-electron chi connectivity index (χ4n) is 3.53. The third-order valence-electron chi connectivity index (χ3n) is 5.06. The zero-order chi connectivity index (χ0) is 19.0. The Bertz CT molecular complexity index is 993. The van der Waals surface area contributed by atoms with E-state index < -0.39 is 6.43 Å². The van der Waals surface area contributed by atoms with Crippen molar-refractivity contribution in [2.24, 2.45) is 5.92 Å². The standard InChI is InChI=1S/C18H17F2N7/c1-11-4-5-26(16-3-2-12(7-21)8-22-16)9-13(11)15-6-14(17(19)20)25-18-23-10-24-27(15)18/h2-3,6,8,10-11,13,17H,4-5,9H2,1H3/t11-,13-/m1/s1. The Morgan fingerprint density at radius 3 is 2.85 bits per heavy atom. The molecule has 2 atom stereocenters. The summed E-state index contributed by atoms with van der Waals surface area (Å²) in [4.78, 5) is 14.4. The summed E-state index contributed by atoms with van der Waals surface area (Å²) >= 11 is 0. The summed E-state index contributed by atoms with van der Waals surface area (Å²) in [6.45, 7) is 3.53. The van der Waals surface area contributed by atoms with E-state index in [1.807, 2.05) is 6.07 Å². The minimum Gasteiger partial charge on any atom is -0.356 e. The number of hydrogen-bond acceptors (Lipinski definition) is 6. The summed E-state index contributed by atoms with van der Waals surface area (Å²) < 4.78 is 28.1. The fraction of sp³-hybridized carbons (Fsp3) is 0.389. The van der Waals surface area contributed by atoms with Gasteiger partial charge in [-0.3, -0.25) is 0 Å². The van der Waals surface area contributed by atoms with Crippen LogP contribution in [0, 0.1) is 17.2 Å². The lowest BCUT2D eigenvalue weighted by Crippen LogP contribution is -2.39. The second-order valence-corrected chi connectivity index (χ2v) is 6.71. The molecule has 7 nitrogen and oxygen atoms in total. The van der Waals surface area contributed by atoms with Crippen molar-refractivity contribution in [3.8, 4) is 6.07 Å². The second kappa shape index (κ2) is 6.87. The monoisotopic (exact) mass is 369 g/mol. The summed E-state index contributed by atoms with van der Waals surface area (Å²) in [5.41, 5.74) is 0.894. The van der Waals surface area contributed by atoms with Crippen molar-refractivity contribution in [3.05, 3.63) is 47.7 Å². The quantitative estimate of drug-likeness (QED) is 0.706. The molecule has 1 aliphatic heterocycles. The van der Waals surface area contributed by atoms with Gasteiger partial charge in [0, 0.05) is 25.2 Å². The lowest BCUT2D eigenvalue weighted by Gasteiger charge is -2.38. The molecule has 1 saturated heterocycles. The van der Waals surface area contributed by atoms with Gasteiger partial charge in [0.05, 0.1) is 11.3 Å². The minimum absolute atomic E-state index is 0.0270. The van der Waals surface area contributed by atoms with Gasteiger partial charge in [-0.1, -0.05) is 6.92 Å². The third kappa shape index (κ3) is 3.18. The smallest absolute Gasteiger partial charge is 0.280 e. The average molecular weight is 369 g/mol. The van der Waals surface area contributed by atoms with Crippen LogP contribution >= 0.6 is 0 Å². The highest BCUT2D eigenvalue weighted by molar-refractivity contribution is 5.43. The number of nitrogens with zero attached hydrogens (tertiary/aromatic N) is 7. The van der Waals surface area contributed by atoms with E-state index in [2.05, 4.69) is 37.9 Å². The number of fused-ring (bicyclic) bond motifs is 1. The van der Waals surface area contributed by atoms with Gasteiger partial charge < -0.3 is 4.90 Å². The van der Waals surface area contributed by atoms with E-state index in [-0.39, 0.29) is 23.3 Å². The lowest BCUT2D eigenvalue weighted by molar-refractivity contribution is 0.146. The van der Waals surface area contributed by atoms with E-state index >= 15 is 0 Å². The Balaban J connectivity index is 1.70. The van der Waals surface area contributed by atoms with Gasteiger partial charge in [0.2, 0.25) is 0 Å². The van der Waals surface area contributed by atoms with Crippen LogP contribution in [0.1, 0.15) is 42.6 Å². The maximum atomic E-state index is 13.3. The summed E-state index contributed by atoms with van der Waals surface area (Å²) in [5, 5.41) is 13.1. The zero-order valence-corrected chi connectivity index (χ0v) is 14.6. The van der Waals surface area contributed by atoms with Crippen molar-refractivity contribution in [2.45, 2.75) is 25.7 Å². The van der Waals surface area contributed by atoms with Crippen LogP contribution < -0.4 is 4.90 Å². The van der Waals surface area contributed by atoms with E-state index in [1.165, 1.54) is 12.4 Å². The largest absolute Gasteiger partial charge is 0.356 e. The number of alkyl halides is 2. The number of anilines is 1. The Kier molecular flexibility index (Phi) is 4.39. The van der Waals surface area contributed by atoms with Gasteiger partial charge >= 0.3 is 0 Å². The molecule has 4 rings (SSSR count). The normalized spacial score (nSPS) is 20.2. The zero-order valence-electron chi connectivity index (χ0n) is 14.6. The first-order valence-corrected chi connectivity index (χ1v) is 8.66. The molecule has 0 spiro atoms. The molecule has 3 aromatic rings. The molecule has 0 unspecified atom stereocenters. The predicted molar refractivity (Wildman–Crippen MR) is 93.4 cm³/mol. The number of rotatable bonds is 3. The second-order valence-electron chi connectivity index (χ2n) is 6.71. The summed E-state index contributed by atoms with van der Waals surface area (Å²) in [6.07, 6.45) is 1.09. The van der Waals surface area contributed by atoms with Gasteiger partial charge in [-0.2, -0.15) is 15.3 Å². The first-order chi connectivity index (χ1) is 13.1. The van der Waals surface area contributed by atoms with E-state index in [0.29, 0.717) is 17.8 Å². The highest BCUT2D eigenvalue weighted by Gasteiger charge is 2.31. The molecular weight excluding hydrogens is 352 g/mol. The first-order valence-electron chi connectivity index (χ1n) is 8.66. The Morgan fingerprint density at radius 1 is 1.30 bits per heavy atom. The molecule has 0 saturated carbocycles. The number of aromatic nitrogens is 5. The van der Waals surface area contributed by atoms with Gasteiger partial charge in [0.1, 0.15) is 23.9 Å². The number of hydrogen-bond donors (Lipinski definition) is 0. The van der Waals surface area contributed by atoms with Crippen molar-refractivity contribution < 1.29 is 8.78 Å².